The maximum Gasteiger partial charge on any atom is 0.234 e. The quantitative estimate of drug-likeness (QED) is 0.581. The normalized spacial score (nSPS) is 18.5. The van der Waals surface area contributed by atoms with E-state index >= 15 is 0 Å². The highest BCUT2D eigenvalue weighted by molar-refractivity contribution is 5.79. The molecule has 1 unspecified atom stereocenters. The van der Waals surface area contributed by atoms with Gasteiger partial charge in [-0.2, -0.15) is 0 Å². The number of hydrogen-bond acceptors (Lipinski definition) is 2. The van der Waals surface area contributed by atoms with Crippen LogP contribution in [0.25, 0.3) is 0 Å². The van der Waals surface area contributed by atoms with Crippen molar-refractivity contribution in [2.75, 3.05) is 6.54 Å². The van der Waals surface area contributed by atoms with Crippen molar-refractivity contribution < 1.29 is 4.79 Å². The Balaban J connectivity index is 1.98. The minimum atomic E-state index is -0.228. The third-order valence-corrected chi connectivity index (χ3v) is 2.63. The van der Waals surface area contributed by atoms with Crippen LogP contribution in [-0.2, 0) is 4.79 Å². The molecule has 1 amide bonds. The van der Waals surface area contributed by atoms with Crippen molar-refractivity contribution in [2.24, 2.45) is 11.7 Å². The fourth-order valence-corrected chi connectivity index (χ4v) is 1.52. The van der Waals surface area contributed by atoms with Crippen LogP contribution < -0.4 is 11.1 Å². The fraction of sp³-hybridized carbons (Fsp3) is 0.900. The first-order valence-electron chi connectivity index (χ1n) is 5.26. The molecule has 0 heterocycles. The van der Waals surface area contributed by atoms with E-state index in [0.717, 1.165) is 18.9 Å². The summed E-state index contributed by atoms with van der Waals surface area (Å²) >= 11 is 0. The van der Waals surface area contributed by atoms with Crippen molar-refractivity contribution in [3.05, 3.63) is 0 Å². The number of amides is 1. The molecule has 1 fully saturated rings. The van der Waals surface area contributed by atoms with Gasteiger partial charge in [0.1, 0.15) is 0 Å². The number of nitrogens with two attached hydrogens (primary N) is 1. The summed E-state index contributed by atoms with van der Waals surface area (Å²) in [6.07, 6.45) is 6.09. The Kier molecular flexibility index (Phi) is 4.22. The second-order valence-electron chi connectivity index (χ2n) is 3.90. The van der Waals surface area contributed by atoms with Crippen LogP contribution in [-0.4, -0.2) is 18.5 Å². The molecule has 0 aromatic heterocycles. The van der Waals surface area contributed by atoms with Gasteiger partial charge in [0.05, 0.1) is 6.04 Å². The molecule has 3 N–H and O–H groups in total. The first-order chi connectivity index (χ1) is 6.24. The van der Waals surface area contributed by atoms with E-state index in [0.29, 0.717) is 0 Å². The van der Waals surface area contributed by atoms with E-state index in [1.54, 1.807) is 0 Å². The molecule has 1 saturated carbocycles. The molecule has 1 rings (SSSR count). The van der Waals surface area contributed by atoms with Gasteiger partial charge in [0.2, 0.25) is 5.91 Å². The number of primary amides is 1. The lowest BCUT2D eigenvalue weighted by Gasteiger charge is -2.12. The SMILES string of the molecule is CCC(NCCCC1CC1)C(N)=O. The highest BCUT2D eigenvalue weighted by atomic mass is 16.1. The summed E-state index contributed by atoms with van der Waals surface area (Å²) < 4.78 is 0. The molecular weight excluding hydrogens is 164 g/mol. The largest absolute Gasteiger partial charge is 0.368 e. The molecule has 0 aromatic rings. The second kappa shape index (κ2) is 5.22. The third-order valence-electron chi connectivity index (χ3n) is 2.63. The molecular formula is C10H20N2O. The van der Waals surface area contributed by atoms with Gasteiger partial charge in [-0.05, 0) is 31.7 Å². The van der Waals surface area contributed by atoms with Crippen molar-refractivity contribution in [1.29, 1.82) is 0 Å². The van der Waals surface area contributed by atoms with E-state index in [4.69, 9.17) is 5.73 Å². The molecule has 13 heavy (non-hydrogen) atoms. The van der Waals surface area contributed by atoms with E-state index in [9.17, 15) is 4.79 Å². The Morgan fingerprint density at radius 1 is 1.62 bits per heavy atom. The highest BCUT2D eigenvalue weighted by Gasteiger charge is 2.20. The van der Waals surface area contributed by atoms with Gasteiger partial charge in [0.25, 0.3) is 0 Å². The van der Waals surface area contributed by atoms with Crippen LogP contribution in [0, 0.1) is 5.92 Å². The molecule has 0 spiro atoms. The third kappa shape index (κ3) is 4.27. The molecule has 1 aliphatic rings. The maximum absolute atomic E-state index is 10.8. The zero-order valence-corrected chi connectivity index (χ0v) is 8.38. The van der Waals surface area contributed by atoms with E-state index in [2.05, 4.69) is 5.32 Å². The zero-order chi connectivity index (χ0) is 9.68. The Morgan fingerprint density at radius 3 is 2.77 bits per heavy atom. The van der Waals surface area contributed by atoms with E-state index in [1.807, 2.05) is 6.92 Å². The predicted molar refractivity (Wildman–Crippen MR) is 53.2 cm³/mol. The summed E-state index contributed by atoms with van der Waals surface area (Å²) in [5.74, 6) is 0.754. The minimum absolute atomic E-state index is 0.126. The molecule has 0 saturated heterocycles. The van der Waals surface area contributed by atoms with Crippen LogP contribution in [0.5, 0.6) is 0 Å². The summed E-state index contributed by atoms with van der Waals surface area (Å²) in [6.45, 7) is 2.90. The van der Waals surface area contributed by atoms with Gasteiger partial charge in [-0.15, -0.1) is 0 Å². The second-order valence-corrected chi connectivity index (χ2v) is 3.90. The minimum Gasteiger partial charge on any atom is -0.368 e. The fourth-order valence-electron chi connectivity index (χ4n) is 1.52. The summed E-state index contributed by atoms with van der Waals surface area (Å²) in [7, 11) is 0. The number of nitrogens with one attached hydrogen (secondary N) is 1. The number of carbonyl (C=O) groups is 1. The number of carbonyl (C=O) groups excluding carboxylic acids is 1. The standard InChI is InChI=1S/C10H20N2O/c1-2-9(10(11)13)12-7-3-4-8-5-6-8/h8-9,12H,2-7H2,1H3,(H2,11,13). The van der Waals surface area contributed by atoms with Gasteiger partial charge < -0.3 is 11.1 Å². The molecule has 0 radical (unpaired) electrons. The van der Waals surface area contributed by atoms with Crippen molar-refractivity contribution in [1.82, 2.24) is 5.32 Å². The van der Waals surface area contributed by atoms with Crippen molar-refractivity contribution in [3.63, 3.8) is 0 Å². The van der Waals surface area contributed by atoms with Gasteiger partial charge in [-0.3, -0.25) is 4.79 Å². The molecule has 1 atom stereocenters. The first-order valence-corrected chi connectivity index (χ1v) is 5.26. The first kappa shape index (κ1) is 10.5. The monoisotopic (exact) mass is 184 g/mol. The Morgan fingerprint density at radius 2 is 2.31 bits per heavy atom. The van der Waals surface area contributed by atoms with E-state index in [1.165, 1.54) is 25.7 Å². The van der Waals surface area contributed by atoms with Crippen molar-refractivity contribution in [3.8, 4) is 0 Å². The average molecular weight is 184 g/mol. The van der Waals surface area contributed by atoms with Gasteiger partial charge in [-0.25, -0.2) is 0 Å². The van der Waals surface area contributed by atoms with Gasteiger partial charge >= 0.3 is 0 Å². The molecule has 1 aliphatic carbocycles. The smallest absolute Gasteiger partial charge is 0.234 e. The summed E-state index contributed by atoms with van der Waals surface area (Å²) in [5, 5.41) is 3.18. The molecule has 76 valence electrons. The number of hydrogen-bond donors (Lipinski definition) is 2. The van der Waals surface area contributed by atoms with Crippen molar-refractivity contribution >= 4 is 5.91 Å². The molecule has 0 aromatic carbocycles. The van der Waals surface area contributed by atoms with Crippen LogP contribution in [0.1, 0.15) is 39.0 Å². The van der Waals surface area contributed by atoms with E-state index in [-0.39, 0.29) is 11.9 Å². The zero-order valence-electron chi connectivity index (χ0n) is 8.38. The van der Waals surface area contributed by atoms with Crippen LogP contribution >= 0.6 is 0 Å². The lowest BCUT2D eigenvalue weighted by Crippen LogP contribution is -2.41. The molecule has 0 bridgehead atoms. The van der Waals surface area contributed by atoms with Crippen LogP contribution in [0.15, 0.2) is 0 Å². The Bertz CT molecular complexity index is 166. The lowest BCUT2D eigenvalue weighted by atomic mass is 10.2. The Hall–Kier alpha value is -0.570. The molecule has 3 nitrogen and oxygen atoms in total. The Labute approximate surface area is 80.1 Å². The van der Waals surface area contributed by atoms with Crippen LogP contribution in [0.2, 0.25) is 0 Å². The van der Waals surface area contributed by atoms with Crippen LogP contribution in [0.4, 0.5) is 0 Å². The predicted octanol–water partition coefficient (Wildman–Crippen LogP) is 1.03. The highest BCUT2D eigenvalue weighted by Crippen LogP contribution is 2.33. The van der Waals surface area contributed by atoms with Crippen molar-refractivity contribution in [2.45, 2.75) is 45.1 Å². The van der Waals surface area contributed by atoms with Gasteiger partial charge in [0, 0.05) is 0 Å². The van der Waals surface area contributed by atoms with Gasteiger partial charge in [0.15, 0.2) is 0 Å². The topological polar surface area (TPSA) is 55.1 Å². The lowest BCUT2D eigenvalue weighted by molar-refractivity contribution is -0.120. The maximum atomic E-state index is 10.8. The molecule has 3 heteroatoms. The number of rotatable bonds is 7. The van der Waals surface area contributed by atoms with Crippen LogP contribution in [0.3, 0.4) is 0 Å². The summed E-state index contributed by atoms with van der Waals surface area (Å²) in [6, 6.07) is -0.126. The summed E-state index contributed by atoms with van der Waals surface area (Å²) in [4.78, 5) is 10.8. The van der Waals surface area contributed by atoms with E-state index < -0.39 is 0 Å². The van der Waals surface area contributed by atoms with Gasteiger partial charge in [-0.1, -0.05) is 19.8 Å². The molecule has 0 aliphatic heterocycles. The average Bonchev–Trinajstić information content (AvgIpc) is 2.87. The summed E-state index contributed by atoms with van der Waals surface area (Å²) in [5.41, 5.74) is 5.20.